The zero-order chi connectivity index (χ0) is 21.3. The van der Waals surface area contributed by atoms with Gasteiger partial charge in [-0.05, 0) is 46.0 Å². The van der Waals surface area contributed by atoms with Crippen molar-refractivity contribution in [1.82, 2.24) is 24.9 Å². The number of piperidine rings is 1. The van der Waals surface area contributed by atoms with Crippen molar-refractivity contribution in [1.29, 1.82) is 0 Å². The Morgan fingerprint density at radius 1 is 1.10 bits per heavy atom. The molecular formula is C23H37N5O2. The van der Waals surface area contributed by atoms with Gasteiger partial charge in [0.15, 0.2) is 0 Å². The van der Waals surface area contributed by atoms with Gasteiger partial charge < -0.3 is 10.2 Å². The molecule has 30 heavy (non-hydrogen) atoms. The van der Waals surface area contributed by atoms with E-state index in [1.807, 2.05) is 4.90 Å². The molecule has 1 N–H and O–H groups in total. The Morgan fingerprint density at radius 2 is 1.80 bits per heavy atom. The van der Waals surface area contributed by atoms with Crippen molar-refractivity contribution in [2.45, 2.75) is 90.3 Å². The molecule has 0 unspecified atom stereocenters. The summed E-state index contributed by atoms with van der Waals surface area (Å²) in [5.41, 5.74) is 3.12. The van der Waals surface area contributed by atoms with Gasteiger partial charge in [-0.15, -0.1) is 0 Å². The van der Waals surface area contributed by atoms with Crippen LogP contribution in [0.4, 0.5) is 0 Å². The van der Waals surface area contributed by atoms with E-state index in [2.05, 4.69) is 35.7 Å². The minimum Gasteiger partial charge on any atom is -0.345 e. The van der Waals surface area contributed by atoms with Crippen LogP contribution in [0, 0.1) is 13.8 Å². The predicted octanol–water partition coefficient (Wildman–Crippen LogP) is 2.71. The van der Waals surface area contributed by atoms with E-state index < -0.39 is 5.54 Å². The number of hydrogen-bond acceptors (Lipinski definition) is 4. The smallest absolute Gasteiger partial charge is 0.246 e. The van der Waals surface area contributed by atoms with Gasteiger partial charge in [0.05, 0.1) is 18.3 Å². The number of hydrogen-bond donors (Lipinski definition) is 1. The lowest BCUT2D eigenvalue weighted by atomic mass is 9.82. The van der Waals surface area contributed by atoms with Crippen LogP contribution in [0.25, 0.3) is 0 Å². The lowest BCUT2D eigenvalue weighted by Crippen LogP contribution is -2.70. The summed E-state index contributed by atoms with van der Waals surface area (Å²) >= 11 is 0. The average Bonchev–Trinajstić information content (AvgIpc) is 3.04. The second kappa shape index (κ2) is 8.69. The van der Waals surface area contributed by atoms with Gasteiger partial charge in [-0.1, -0.05) is 26.2 Å². The van der Waals surface area contributed by atoms with Gasteiger partial charge in [0.1, 0.15) is 5.54 Å². The summed E-state index contributed by atoms with van der Waals surface area (Å²) in [4.78, 5) is 29.6. The average molecular weight is 416 g/mol. The first-order chi connectivity index (χ1) is 14.5. The lowest BCUT2D eigenvalue weighted by molar-refractivity contribution is -0.157. The number of rotatable bonds is 5. The first kappa shape index (κ1) is 21.3. The van der Waals surface area contributed by atoms with Crippen LogP contribution in [-0.2, 0) is 16.1 Å². The molecule has 1 saturated carbocycles. The molecule has 1 aromatic heterocycles. The van der Waals surface area contributed by atoms with Crippen LogP contribution in [0.15, 0.2) is 0 Å². The van der Waals surface area contributed by atoms with Crippen molar-refractivity contribution in [2.75, 3.05) is 26.2 Å². The van der Waals surface area contributed by atoms with Crippen LogP contribution in [0.3, 0.4) is 0 Å². The Bertz CT molecular complexity index is 788. The maximum absolute atomic E-state index is 12.8. The first-order valence-electron chi connectivity index (χ1n) is 11.8. The molecule has 7 nitrogen and oxygen atoms in total. The fourth-order valence-corrected chi connectivity index (χ4v) is 5.75. The molecule has 3 fully saturated rings. The highest BCUT2D eigenvalue weighted by Crippen LogP contribution is 2.34. The van der Waals surface area contributed by atoms with E-state index in [4.69, 9.17) is 5.10 Å². The van der Waals surface area contributed by atoms with Gasteiger partial charge in [-0.25, -0.2) is 0 Å². The third-order valence-corrected chi connectivity index (χ3v) is 7.55. The van der Waals surface area contributed by atoms with E-state index in [9.17, 15) is 9.59 Å². The Morgan fingerprint density at radius 3 is 2.47 bits per heavy atom. The number of piperazine rings is 1. The van der Waals surface area contributed by atoms with Crippen LogP contribution in [0.1, 0.15) is 81.3 Å². The summed E-state index contributed by atoms with van der Waals surface area (Å²) in [6, 6.07) is 0.551. The molecule has 0 atom stereocenters. The molecule has 3 heterocycles. The Hall–Kier alpha value is -1.89. The highest BCUT2D eigenvalue weighted by Gasteiger charge is 2.50. The molecule has 2 aliphatic heterocycles. The van der Waals surface area contributed by atoms with E-state index in [1.54, 1.807) is 0 Å². The minimum absolute atomic E-state index is 0.0349. The highest BCUT2D eigenvalue weighted by atomic mass is 16.2. The number of nitrogens with one attached hydrogen (secondary N) is 1. The molecule has 2 amide bonds. The Kier molecular flexibility index (Phi) is 6.19. The van der Waals surface area contributed by atoms with Gasteiger partial charge in [-0.2, -0.15) is 5.10 Å². The van der Waals surface area contributed by atoms with Crippen LogP contribution < -0.4 is 5.32 Å². The molecule has 166 valence electrons. The maximum Gasteiger partial charge on any atom is 0.246 e. The molecule has 1 aromatic rings. The van der Waals surface area contributed by atoms with E-state index in [0.717, 1.165) is 31.7 Å². The van der Waals surface area contributed by atoms with Gasteiger partial charge in [0, 0.05) is 37.4 Å². The quantitative estimate of drug-likeness (QED) is 0.803. The number of carbonyl (C=O) groups excluding carboxylic acids is 2. The predicted molar refractivity (Wildman–Crippen MR) is 116 cm³/mol. The van der Waals surface area contributed by atoms with Crippen molar-refractivity contribution in [3.8, 4) is 0 Å². The van der Waals surface area contributed by atoms with Crippen LogP contribution >= 0.6 is 0 Å². The molecular weight excluding hydrogens is 378 g/mol. The minimum atomic E-state index is -0.655. The fraction of sp³-hybridized carbons (Fsp3) is 0.783. The standard InChI is InChI=1S/C23H37N5O2/c1-4-12-27-21(29)15-24-22(30)23(27)10-13-26(14-11-23)16-20-17(2)25-28(18(20)3)19-8-6-5-7-9-19/h19H,4-16H2,1-3H3,(H,24,30). The third kappa shape index (κ3) is 3.77. The molecule has 3 aliphatic rings. The third-order valence-electron chi connectivity index (χ3n) is 7.55. The van der Waals surface area contributed by atoms with Gasteiger partial charge >= 0.3 is 0 Å². The number of likely N-dealkylation sites (tertiary alicyclic amines) is 1. The van der Waals surface area contributed by atoms with Gasteiger partial charge in [0.25, 0.3) is 0 Å². The largest absolute Gasteiger partial charge is 0.345 e. The van der Waals surface area contributed by atoms with Crippen molar-refractivity contribution in [3.63, 3.8) is 0 Å². The van der Waals surface area contributed by atoms with Crippen LogP contribution in [0.2, 0.25) is 0 Å². The molecule has 0 bridgehead atoms. The Balaban J connectivity index is 1.45. The SMILES string of the molecule is CCCN1C(=O)CNC(=O)C12CCN(Cc1c(C)nn(C3CCCCC3)c1C)CC2. The van der Waals surface area contributed by atoms with Crippen molar-refractivity contribution < 1.29 is 9.59 Å². The van der Waals surface area contributed by atoms with Crippen molar-refractivity contribution >= 4 is 11.8 Å². The van der Waals surface area contributed by atoms with E-state index in [-0.39, 0.29) is 18.4 Å². The molecule has 0 radical (unpaired) electrons. The van der Waals surface area contributed by atoms with Crippen LogP contribution in [-0.4, -0.2) is 63.1 Å². The molecule has 1 aliphatic carbocycles. The fourth-order valence-electron chi connectivity index (χ4n) is 5.75. The summed E-state index contributed by atoms with van der Waals surface area (Å²) in [7, 11) is 0. The van der Waals surface area contributed by atoms with Crippen molar-refractivity contribution in [3.05, 3.63) is 17.0 Å². The van der Waals surface area contributed by atoms with Gasteiger partial charge in [-0.3, -0.25) is 19.2 Å². The maximum atomic E-state index is 12.8. The molecule has 4 rings (SSSR count). The van der Waals surface area contributed by atoms with E-state index >= 15 is 0 Å². The summed E-state index contributed by atoms with van der Waals surface area (Å²) < 4.78 is 2.28. The Labute approximate surface area is 180 Å². The molecule has 1 spiro atoms. The normalized spacial score (nSPS) is 23.2. The first-order valence-corrected chi connectivity index (χ1v) is 11.8. The second-order valence-corrected chi connectivity index (χ2v) is 9.42. The second-order valence-electron chi connectivity index (χ2n) is 9.42. The molecule has 7 heteroatoms. The number of amides is 2. The van der Waals surface area contributed by atoms with E-state index in [1.165, 1.54) is 43.4 Å². The lowest BCUT2D eigenvalue weighted by Gasteiger charge is -2.49. The molecule has 2 saturated heterocycles. The number of nitrogens with zero attached hydrogens (tertiary/aromatic N) is 4. The monoisotopic (exact) mass is 415 g/mol. The summed E-state index contributed by atoms with van der Waals surface area (Å²) in [6.45, 7) is 9.75. The summed E-state index contributed by atoms with van der Waals surface area (Å²) in [5.74, 6) is 0.0954. The highest BCUT2D eigenvalue weighted by molar-refractivity contribution is 5.98. The van der Waals surface area contributed by atoms with Crippen LogP contribution in [0.5, 0.6) is 0 Å². The topological polar surface area (TPSA) is 70.5 Å². The molecule has 0 aromatic carbocycles. The van der Waals surface area contributed by atoms with Crippen molar-refractivity contribution in [2.24, 2.45) is 0 Å². The zero-order valence-corrected chi connectivity index (χ0v) is 18.9. The number of carbonyl (C=O) groups is 2. The van der Waals surface area contributed by atoms with Gasteiger partial charge in [0.2, 0.25) is 11.8 Å². The summed E-state index contributed by atoms with van der Waals surface area (Å²) in [5, 5.41) is 7.76. The van der Waals surface area contributed by atoms with E-state index in [0.29, 0.717) is 25.4 Å². The number of aryl methyl sites for hydroxylation is 1. The number of aromatic nitrogens is 2. The zero-order valence-electron chi connectivity index (χ0n) is 18.9. The summed E-state index contributed by atoms with van der Waals surface area (Å²) in [6.07, 6.45) is 8.74.